The van der Waals surface area contributed by atoms with E-state index in [0.717, 1.165) is 62.6 Å². The van der Waals surface area contributed by atoms with Gasteiger partial charge in [0.2, 0.25) is 0 Å². The van der Waals surface area contributed by atoms with Crippen LogP contribution in [0.2, 0.25) is 5.02 Å². The number of carbonyl (C=O) groups excluding carboxylic acids is 1. The van der Waals surface area contributed by atoms with Gasteiger partial charge in [0.05, 0.1) is 0 Å². The normalized spacial score (nSPS) is 21.0. The van der Waals surface area contributed by atoms with Crippen LogP contribution >= 0.6 is 24.0 Å². The number of hydrogen-bond donors (Lipinski definition) is 0. The van der Waals surface area contributed by atoms with Crippen molar-refractivity contribution >= 4 is 30.1 Å². The fraction of sp³-hybridized carbons (Fsp3) is 0.472. The molecule has 7 heteroatoms. The van der Waals surface area contributed by atoms with E-state index in [0.29, 0.717) is 24.5 Å². The third-order valence-electron chi connectivity index (χ3n) is 9.29. The van der Waals surface area contributed by atoms with Gasteiger partial charge in [-0.15, -0.1) is 12.4 Å². The van der Waals surface area contributed by atoms with Crippen molar-refractivity contribution in [3.05, 3.63) is 107 Å². The monoisotopic (exact) mass is 623 g/mol. The van der Waals surface area contributed by atoms with Gasteiger partial charge in [-0.3, -0.25) is 4.90 Å². The summed E-state index contributed by atoms with van der Waals surface area (Å²) in [5, 5.41) is 0.849. The highest BCUT2D eigenvalue weighted by atomic mass is 35.5. The highest BCUT2D eigenvalue weighted by molar-refractivity contribution is 6.31. The molecule has 0 bridgehead atoms. The summed E-state index contributed by atoms with van der Waals surface area (Å²) in [6.07, 6.45) is 5.11. The number of halogens is 2. The molecule has 1 aliphatic carbocycles. The van der Waals surface area contributed by atoms with Crippen LogP contribution in [0.25, 0.3) is 0 Å². The fourth-order valence-electron chi connectivity index (χ4n) is 7.00. The Morgan fingerprint density at radius 2 is 1.56 bits per heavy atom. The topological polar surface area (TPSA) is 36.0 Å². The Morgan fingerprint density at radius 1 is 0.907 bits per heavy atom. The lowest BCUT2D eigenvalue weighted by Gasteiger charge is -2.39. The Kier molecular flexibility index (Phi) is 12.8. The van der Waals surface area contributed by atoms with Gasteiger partial charge in [0.25, 0.3) is 0 Å². The lowest BCUT2D eigenvalue weighted by molar-refractivity contribution is 0.0576. The summed E-state index contributed by atoms with van der Waals surface area (Å²) in [5.74, 6) is 1.15. The maximum atomic E-state index is 13.1. The summed E-state index contributed by atoms with van der Waals surface area (Å²) >= 11 is 6.51. The van der Waals surface area contributed by atoms with E-state index in [9.17, 15) is 4.79 Å². The maximum Gasteiger partial charge on any atom is 0.410 e. The molecule has 1 heterocycles. The zero-order valence-corrected chi connectivity index (χ0v) is 27.2. The second-order valence-electron chi connectivity index (χ2n) is 12.2. The standard InChI is InChI=1S/C36H46ClN3O2.ClH/c1-3-20-40(36(41)42-27-28-12-6-4-7-13-28)32-18-21-39(22-19-32)26-31-23-33(24-34(31)29-14-8-5-9-15-29)38(2)25-30-16-10-11-17-35(30)37;/h4-17,31-34H,3,18-27H2,1-2H3;1H. The molecule has 3 aromatic carbocycles. The van der Waals surface area contributed by atoms with Crippen LogP contribution in [0.1, 0.15) is 61.6 Å². The average Bonchev–Trinajstić information content (AvgIpc) is 3.45. The van der Waals surface area contributed by atoms with E-state index >= 15 is 0 Å². The lowest BCUT2D eigenvalue weighted by atomic mass is 9.88. The number of piperidine rings is 1. The molecule has 1 saturated heterocycles. The summed E-state index contributed by atoms with van der Waals surface area (Å²) in [6.45, 7) is 7.23. The van der Waals surface area contributed by atoms with Crippen molar-refractivity contribution < 1.29 is 9.53 Å². The Morgan fingerprint density at radius 3 is 2.23 bits per heavy atom. The third kappa shape index (κ3) is 8.98. The smallest absolute Gasteiger partial charge is 0.410 e. The molecule has 0 aromatic heterocycles. The molecule has 0 N–H and O–H groups in total. The van der Waals surface area contributed by atoms with E-state index < -0.39 is 0 Å². The van der Waals surface area contributed by atoms with E-state index in [2.05, 4.69) is 66.2 Å². The van der Waals surface area contributed by atoms with Gasteiger partial charge < -0.3 is 14.5 Å². The second kappa shape index (κ2) is 16.5. The number of carbonyl (C=O) groups is 1. The van der Waals surface area contributed by atoms with Crippen LogP contribution in [0.3, 0.4) is 0 Å². The molecule has 3 aromatic rings. The molecule has 5 rings (SSSR count). The molecule has 2 fully saturated rings. The summed E-state index contributed by atoms with van der Waals surface area (Å²) < 4.78 is 5.74. The summed E-state index contributed by atoms with van der Waals surface area (Å²) in [6, 6.07) is 30.0. The Labute approximate surface area is 269 Å². The Bertz CT molecular complexity index is 1250. The highest BCUT2D eigenvalue weighted by Crippen LogP contribution is 2.43. The minimum atomic E-state index is -0.177. The number of hydrogen-bond acceptors (Lipinski definition) is 4. The van der Waals surface area contributed by atoms with E-state index in [1.807, 2.05) is 47.4 Å². The molecule has 1 aliphatic heterocycles. The molecule has 232 valence electrons. The first-order chi connectivity index (χ1) is 20.5. The van der Waals surface area contributed by atoms with E-state index in [-0.39, 0.29) is 24.5 Å². The molecule has 43 heavy (non-hydrogen) atoms. The van der Waals surface area contributed by atoms with Crippen molar-refractivity contribution in [3.63, 3.8) is 0 Å². The van der Waals surface area contributed by atoms with Crippen LogP contribution in [0.5, 0.6) is 0 Å². The number of nitrogens with zero attached hydrogens (tertiary/aromatic N) is 3. The molecule has 5 nitrogen and oxygen atoms in total. The first kappa shape index (κ1) is 33.3. The largest absolute Gasteiger partial charge is 0.445 e. The van der Waals surface area contributed by atoms with Crippen LogP contribution < -0.4 is 0 Å². The molecule has 2 aliphatic rings. The number of amides is 1. The maximum absolute atomic E-state index is 13.1. The van der Waals surface area contributed by atoms with Gasteiger partial charge in [-0.1, -0.05) is 97.4 Å². The molecule has 0 radical (unpaired) electrons. The predicted molar refractivity (Wildman–Crippen MR) is 179 cm³/mol. The van der Waals surface area contributed by atoms with Gasteiger partial charge >= 0.3 is 6.09 Å². The molecular formula is C36H47Cl2N3O2. The quantitative estimate of drug-likeness (QED) is 0.215. The van der Waals surface area contributed by atoms with Crippen molar-refractivity contribution in [1.82, 2.24) is 14.7 Å². The van der Waals surface area contributed by atoms with Crippen LogP contribution in [0.15, 0.2) is 84.9 Å². The number of rotatable bonds is 11. The van der Waals surface area contributed by atoms with Crippen molar-refractivity contribution in [2.24, 2.45) is 5.92 Å². The van der Waals surface area contributed by atoms with Crippen molar-refractivity contribution in [3.8, 4) is 0 Å². The molecule has 3 unspecified atom stereocenters. The number of ether oxygens (including phenoxy) is 1. The molecule has 1 saturated carbocycles. The first-order valence-corrected chi connectivity index (χ1v) is 16.1. The van der Waals surface area contributed by atoms with Gasteiger partial charge in [0.1, 0.15) is 6.61 Å². The molecule has 0 spiro atoms. The van der Waals surface area contributed by atoms with Crippen LogP contribution in [0.4, 0.5) is 4.79 Å². The lowest BCUT2D eigenvalue weighted by Crippen LogP contribution is -2.48. The molecule has 3 atom stereocenters. The van der Waals surface area contributed by atoms with Gasteiger partial charge in [0.15, 0.2) is 0 Å². The SMILES string of the molecule is CCCN(C(=O)OCc1ccccc1)C1CCN(CC2CC(N(C)Cc3ccccc3Cl)CC2c2ccccc2)CC1.Cl. The van der Waals surface area contributed by atoms with Gasteiger partial charge in [-0.2, -0.15) is 0 Å². The first-order valence-electron chi connectivity index (χ1n) is 15.7. The highest BCUT2D eigenvalue weighted by Gasteiger charge is 2.39. The molecular weight excluding hydrogens is 577 g/mol. The third-order valence-corrected chi connectivity index (χ3v) is 9.66. The summed E-state index contributed by atoms with van der Waals surface area (Å²) in [7, 11) is 2.25. The second-order valence-corrected chi connectivity index (χ2v) is 12.6. The summed E-state index contributed by atoms with van der Waals surface area (Å²) in [4.78, 5) is 20.2. The van der Waals surface area contributed by atoms with E-state index in [1.54, 1.807) is 0 Å². The minimum absolute atomic E-state index is 0. The van der Waals surface area contributed by atoms with Crippen molar-refractivity contribution in [1.29, 1.82) is 0 Å². The zero-order valence-electron chi connectivity index (χ0n) is 25.6. The predicted octanol–water partition coefficient (Wildman–Crippen LogP) is 8.27. The van der Waals surface area contributed by atoms with Crippen LogP contribution in [-0.2, 0) is 17.9 Å². The van der Waals surface area contributed by atoms with Gasteiger partial charge in [-0.25, -0.2) is 4.79 Å². The Hall–Kier alpha value is -2.57. The van der Waals surface area contributed by atoms with Crippen LogP contribution in [-0.4, -0.2) is 66.1 Å². The zero-order chi connectivity index (χ0) is 29.3. The number of likely N-dealkylation sites (tertiary alicyclic amines) is 1. The minimum Gasteiger partial charge on any atom is -0.445 e. The van der Waals surface area contributed by atoms with Crippen molar-refractivity contribution in [2.75, 3.05) is 33.2 Å². The van der Waals surface area contributed by atoms with E-state index in [4.69, 9.17) is 16.3 Å². The number of benzene rings is 3. The average molecular weight is 625 g/mol. The van der Waals surface area contributed by atoms with Crippen LogP contribution in [0, 0.1) is 5.92 Å². The Balaban J connectivity index is 0.00000423. The van der Waals surface area contributed by atoms with Crippen molar-refractivity contribution in [2.45, 2.75) is 70.2 Å². The van der Waals surface area contributed by atoms with Gasteiger partial charge in [0, 0.05) is 49.8 Å². The van der Waals surface area contributed by atoms with Gasteiger partial charge in [-0.05, 0) is 73.7 Å². The van der Waals surface area contributed by atoms with E-state index in [1.165, 1.54) is 24.0 Å². The molecule has 1 amide bonds. The summed E-state index contributed by atoms with van der Waals surface area (Å²) in [5.41, 5.74) is 3.68. The fourth-order valence-corrected chi connectivity index (χ4v) is 7.20.